The first-order valence-corrected chi connectivity index (χ1v) is 7.15. The van der Waals surface area contributed by atoms with Gasteiger partial charge in [0.25, 0.3) is 0 Å². The van der Waals surface area contributed by atoms with E-state index in [0.717, 1.165) is 23.4 Å². The molecular weight excluding hydrogens is 268 g/mol. The molecule has 0 fully saturated rings. The van der Waals surface area contributed by atoms with Crippen LogP contribution in [-0.2, 0) is 12.3 Å². The van der Waals surface area contributed by atoms with Crippen LogP contribution >= 0.6 is 22.9 Å². The van der Waals surface area contributed by atoms with Crippen molar-refractivity contribution in [3.8, 4) is 5.88 Å². The van der Waals surface area contributed by atoms with E-state index in [1.165, 1.54) is 4.88 Å². The Balaban J connectivity index is 1.94. The van der Waals surface area contributed by atoms with Crippen LogP contribution in [0.1, 0.15) is 21.8 Å². The first-order chi connectivity index (χ1) is 8.69. The maximum atomic E-state index is 5.82. The molecule has 96 valence electrons. The fourth-order valence-corrected chi connectivity index (χ4v) is 2.59. The van der Waals surface area contributed by atoms with Gasteiger partial charge in [-0.05, 0) is 25.5 Å². The van der Waals surface area contributed by atoms with Gasteiger partial charge in [0.2, 0.25) is 5.88 Å². The summed E-state index contributed by atoms with van der Waals surface area (Å²) in [6.45, 7) is 4.57. The number of ether oxygens (including phenoxy) is 1. The van der Waals surface area contributed by atoms with Crippen LogP contribution in [0.4, 0.5) is 0 Å². The monoisotopic (exact) mass is 282 g/mol. The molecular formula is C13H15ClN2OS. The number of hydrogen-bond acceptors (Lipinski definition) is 4. The molecule has 3 nitrogen and oxygen atoms in total. The Kier molecular flexibility index (Phi) is 4.55. The molecule has 2 rings (SSSR count). The van der Waals surface area contributed by atoms with Gasteiger partial charge in [-0.3, -0.25) is 0 Å². The first kappa shape index (κ1) is 13.3. The Morgan fingerprint density at radius 1 is 1.33 bits per heavy atom. The zero-order valence-electron chi connectivity index (χ0n) is 10.4. The molecule has 0 radical (unpaired) electrons. The Hall–Kier alpha value is -1.13. The summed E-state index contributed by atoms with van der Waals surface area (Å²) < 4.78 is 5.67. The average Bonchev–Trinajstić information content (AvgIpc) is 2.74. The number of rotatable bonds is 5. The molecule has 18 heavy (non-hydrogen) atoms. The summed E-state index contributed by atoms with van der Waals surface area (Å²) in [5.41, 5.74) is 4.91. The van der Waals surface area contributed by atoms with Gasteiger partial charge in [0.05, 0.1) is 17.8 Å². The van der Waals surface area contributed by atoms with Crippen molar-refractivity contribution in [2.24, 2.45) is 0 Å². The van der Waals surface area contributed by atoms with E-state index in [-0.39, 0.29) is 0 Å². The molecule has 0 N–H and O–H groups in total. The molecule has 0 saturated heterocycles. The van der Waals surface area contributed by atoms with Gasteiger partial charge >= 0.3 is 0 Å². The highest BCUT2D eigenvalue weighted by atomic mass is 35.5. The molecule has 0 aliphatic carbocycles. The predicted molar refractivity (Wildman–Crippen MR) is 74.6 cm³/mol. The zero-order valence-corrected chi connectivity index (χ0v) is 12.0. The Labute approximate surface area is 116 Å². The smallest absolute Gasteiger partial charge is 0.213 e. The van der Waals surface area contributed by atoms with Gasteiger partial charge in [-0.15, -0.1) is 22.9 Å². The molecule has 0 bridgehead atoms. The molecule has 0 unspecified atom stereocenters. The van der Waals surface area contributed by atoms with E-state index in [0.29, 0.717) is 18.4 Å². The summed E-state index contributed by atoms with van der Waals surface area (Å²) in [6.07, 6.45) is 0.863. The van der Waals surface area contributed by atoms with Gasteiger partial charge in [0.1, 0.15) is 0 Å². The predicted octanol–water partition coefficient (Wildman–Crippen LogP) is 3.52. The van der Waals surface area contributed by atoms with Crippen molar-refractivity contribution in [2.45, 2.75) is 26.1 Å². The van der Waals surface area contributed by atoms with Gasteiger partial charge in [0, 0.05) is 28.9 Å². The second-order valence-electron chi connectivity index (χ2n) is 4.05. The van der Waals surface area contributed by atoms with E-state index >= 15 is 0 Å². The summed E-state index contributed by atoms with van der Waals surface area (Å²) in [7, 11) is 0. The number of thiazole rings is 1. The van der Waals surface area contributed by atoms with Crippen LogP contribution in [0.25, 0.3) is 0 Å². The topological polar surface area (TPSA) is 35.0 Å². The fraction of sp³-hybridized carbons (Fsp3) is 0.385. The highest BCUT2D eigenvalue weighted by molar-refractivity contribution is 7.09. The largest absolute Gasteiger partial charge is 0.477 e. The summed E-state index contributed by atoms with van der Waals surface area (Å²) in [5, 5.41) is 0. The Morgan fingerprint density at radius 3 is 2.83 bits per heavy atom. The van der Waals surface area contributed by atoms with Gasteiger partial charge in [0.15, 0.2) is 0 Å². The second-order valence-corrected chi connectivity index (χ2v) is 5.25. The molecule has 0 aliphatic heterocycles. The molecule has 0 amide bonds. The Morgan fingerprint density at radius 2 is 2.17 bits per heavy atom. The number of aryl methyl sites for hydroxylation is 2. The second kappa shape index (κ2) is 6.16. The lowest BCUT2D eigenvalue weighted by Gasteiger charge is -2.07. The first-order valence-electron chi connectivity index (χ1n) is 5.74. The third kappa shape index (κ3) is 3.43. The minimum absolute atomic E-state index is 0.480. The van der Waals surface area contributed by atoms with Crippen LogP contribution < -0.4 is 4.74 Å². The lowest BCUT2D eigenvalue weighted by Crippen LogP contribution is -2.03. The number of pyridine rings is 1. The maximum Gasteiger partial charge on any atom is 0.213 e. The number of alkyl halides is 1. The van der Waals surface area contributed by atoms with Crippen LogP contribution in [0, 0.1) is 13.8 Å². The third-order valence-corrected chi connectivity index (χ3v) is 3.87. The average molecular weight is 283 g/mol. The van der Waals surface area contributed by atoms with Crippen molar-refractivity contribution in [1.82, 2.24) is 9.97 Å². The lowest BCUT2D eigenvalue weighted by molar-refractivity contribution is 0.309. The van der Waals surface area contributed by atoms with Crippen LogP contribution in [0.2, 0.25) is 0 Å². The Bertz CT molecular complexity index is 527. The minimum atomic E-state index is 0.480. The van der Waals surface area contributed by atoms with Crippen LogP contribution in [0.3, 0.4) is 0 Å². The molecule has 0 aliphatic rings. The molecule has 2 aromatic heterocycles. The normalized spacial score (nSPS) is 10.6. The van der Waals surface area contributed by atoms with Gasteiger partial charge in [-0.25, -0.2) is 9.97 Å². The summed E-state index contributed by atoms with van der Waals surface area (Å²) in [4.78, 5) is 9.81. The minimum Gasteiger partial charge on any atom is -0.477 e. The standard InChI is InChI=1S/C13H15ClN2OS/c1-9-5-11(7-14)6-13(16-9)17-4-3-12-10(2)15-8-18-12/h5-6,8H,3-4,7H2,1-2H3. The summed E-state index contributed by atoms with van der Waals surface area (Å²) >= 11 is 7.48. The van der Waals surface area contributed by atoms with Crippen molar-refractivity contribution in [3.05, 3.63) is 39.5 Å². The molecule has 0 spiro atoms. The molecule has 5 heteroatoms. The summed E-state index contributed by atoms with van der Waals surface area (Å²) in [5.74, 6) is 1.13. The number of aromatic nitrogens is 2. The van der Waals surface area contributed by atoms with E-state index < -0.39 is 0 Å². The van der Waals surface area contributed by atoms with Crippen molar-refractivity contribution in [2.75, 3.05) is 6.61 Å². The maximum absolute atomic E-state index is 5.82. The van der Waals surface area contributed by atoms with E-state index in [4.69, 9.17) is 16.3 Å². The molecule has 0 atom stereocenters. The van der Waals surface area contributed by atoms with Crippen molar-refractivity contribution < 1.29 is 4.74 Å². The van der Waals surface area contributed by atoms with E-state index in [1.807, 2.05) is 31.5 Å². The summed E-state index contributed by atoms with van der Waals surface area (Å²) in [6, 6.07) is 3.85. The molecule has 0 aromatic carbocycles. The lowest BCUT2D eigenvalue weighted by atomic mass is 10.2. The molecule has 0 saturated carbocycles. The van der Waals surface area contributed by atoms with E-state index in [9.17, 15) is 0 Å². The molecule has 2 aromatic rings. The van der Waals surface area contributed by atoms with Crippen LogP contribution in [0.15, 0.2) is 17.6 Å². The van der Waals surface area contributed by atoms with E-state index in [1.54, 1.807) is 11.3 Å². The van der Waals surface area contributed by atoms with Gasteiger partial charge in [-0.1, -0.05) is 0 Å². The molecule has 2 heterocycles. The highest BCUT2D eigenvalue weighted by Gasteiger charge is 2.04. The van der Waals surface area contributed by atoms with Gasteiger partial charge in [-0.2, -0.15) is 0 Å². The number of hydrogen-bond donors (Lipinski definition) is 0. The number of nitrogens with zero attached hydrogens (tertiary/aromatic N) is 2. The highest BCUT2D eigenvalue weighted by Crippen LogP contribution is 2.16. The third-order valence-electron chi connectivity index (χ3n) is 2.57. The quantitative estimate of drug-likeness (QED) is 0.787. The van der Waals surface area contributed by atoms with Gasteiger partial charge < -0.3 is 4.74 Å². The van der Waals surface area contributed by atoms with Crippen LogP contribution in [0.5, 0.6) is 5.88 Å². The zero-order chi connectivity index (χ0) is 13.0. The van der Waals surface area contributed by atoms with Crippen LogP contribution in [-0.4, -0.2) is 16.6 Å². The SMILES string of the molecule is Cc1cc(CCl)cc(OCCc2scnc2C)n1. The number of halogens is 1. The van der Waals surface area contributed by atoms with Crippen molar-refractivity contribution >= 4 is 22.9 Å². The fourth-order valence-electron chi connectivity index (χ4n) is 1.67. The van der Waals surface area contributed by atoms with Crippen molar-refractivity contribution in [1.29, 1.82) is 0 Å². The van der Waals surface area contributed by atoms with E-state index in [2.05, 4.69) is 9.97 Å². The van der Waals surface area contributed by atoms with Crippen molar-refractivity contribution in [3.63, 3.8) is 0 Å².